The molecule has 0 saturated heterocycles. The fourth-order valence-corrected chi connectivity index (χ4v) is 1.47. The minimum absolute atomic E-state index is 0.227. The molecule has 1 heteroatoms. The first-order valence-electron chi connectivity index (χ1n) is 4.71. The Labute approximate surface area is 79.8 Å². The monoisotopic (exact) mass is 176 g/mol. The van der Waals surface area contributed by atoms with Crippen LogP contribution in [0.4, 0.5) is 0 Å². The highest BCUT2D eigenvalue weighted by Gasteiger charge is 2.06. The predicted molar refractivity (Wildman–Crippen MR) is 55.5 cm³/mol. The number of Topliss-reactive ketones (excluding diaryl/α,β-unsaturated/α-hetero) is 1. The largest absolute Gasteiger partial charge is 0.294 e. The van der Waals surface area contributed by atoms with Crippen molar-refractivity contribution in [2.45, 2.75) is 33.6 Å². The van der Waals surface area contributed by atoms with Crippen LogP contribution in [0.3, 0.4) is 0 Å². The maximum absolute atomic E-state index is 11.4. The van der Waals surface area contributed by atoms with E-state index < -0.39 is 0 Å². The summed E-state index contributed by atoms with van der Waals surface area (Å²) in [6.45, 7) is 6.06. The molecule has 0 aliphatic heterocycles. The van der Waals surface area contributed by atoms with Crippen LogP contribution < -0.4 is 0 Å². The van der Waals surface area contributed by atoms with E-state index in [0.717, 1.165) is 12.0 Å². The zero-order valence-corrected chi connectivity index (χ0v) is 8.55. The fraction of sp³-hybridized carbons (Fsp3) is 0.417. The van der Waals surface area contributed by atoms with Crippen LogP contribution in [0.15, 0.2) is 34.9 Å². The summed E-state index contributed by atoms with van der Waals surface area (Å²) >= 11 is 0. The number of carbonyl (C=O) groups excluding carboxylic acids is 1. The standard InChI is InChI=1S/C12H16O/c1-4-12(13)11-6-5-9(2)7-10(3)8-11/h5-6,8H,4,7H2,1-3H3. The summed E-state index contributed by atoms with van der Waals surface area (Å²) in [6.07, 6.45) is 7.53. The van der Waals surface area contributed by atoms with E-state index in [1.54, 1.807) is 0 Å². The topological polar surface area (TPSA) is 17.1 Å². The van der Waals surface area contributed by atoms with Crippen LogP contribution in [0.2, 0.25) is 0 Å². The first-order chi connectivity index (χ1) is 6.13. The Kier molecular flexibility index (Phi) is 3.24. The summed E-state index contributed by atoms with van der Waals surface area (Å²) in [5, 5.41) is 0. The first kappa shape index (κ1) is 9.97. The lowest BCUT2D eigenvalue weighted by Crippen LogP contribution is -1.97. The Bertz CT molecular complexity index is 303. The minimum atomic E-state index is 0.227. The van der Waals surface area contributed by atoms with Gasteiger partial charge in [0.15, 0.2) is 5.78 Å². The van der Waals surface area contributed by atoms with Gasteiger partial charge in [-0.25, -0.2) is 0 Å². The maximum Gasteiger partial charge on any atom is 0.162 e. The summed E-state index contributed by atoms with van der Waals surface area (Å²) in [6, 6.07) is 0. The van der Waals surface area contributed by atoms with E-state index >= 15 is 0 Å². The van der Waals surface area contributed by atoms with Crippen LogP contribution in [0, 0.1) is 0 Å². The molecule has 1 aliphatic carbocycles. The van der Waals surface area contributed by atoms with E-state index in [4.69, 9.17) is 0 Å². The van der Waals surface area contributed by atoms with Gasteiger partial charge in [0.05, 0.1) is 0 Å². The second kappa shape index (κ2) is 4.22. The lowest BCUT2D eigenvalue weighted by atomic mass is 10.1. The number of ketones is 1. The second-order valence-corrected chi connectivity index (χ2v) is 3.58. The van der Waals surface area contributed by atoms with Gasteiger partial charge >= 0.3 is 0 Å². The minimum Gasteiger partial charge on any atom is -0.294 e. The molecule has 0 amide bonds. The molecule has 1 aliphatic rings. The van der Waals surface area contributed by atoms with Gasteiger partial charge in [-0.15, -0.1) is 0 Å². The quantitative estimate of drug-likeness (QED) is 0.631. The molecule has 0 aromatic rings. The third kappa shape index (κ3) is 2.69. The normalized spacial score (nSPS) is 17.0. The Balaban J connectivity index is 2.96. The third-order valence-corrected chi connectivity index (χ3v) is 2.15. The van der Waals surface area contributed by atoms with E-state index in [1.165, 1.54) is 11.1 Å². The van der Waals surface area contributed by atoms with Gasteiger partial charge in [-0.2, -0.15) is 0 Å². The Morgan fingerprint density at radius 2 is 2.00 bits per heavy atom. The molecule has 0 radical (unpaired) electrons. The van der Waals surface area contributed by atoms with Crippen LogP contribution in [0.25, 0.3) is 0 Å². The van der Waals surface area contributed by atoms with E-state index in [2.05, 4.69) is 13.8 Å². The highest BCUT2D eigenvalue weighted by molar-refractivity contribution is 5.98. The van der Waals surface area contributed by atoms with Crippen molar-refractivity contribution in [3.8, 4) is 0 Å². The average molecular weight is 176 g/mol. The molecule has 0 aromatic carbocycles. The molecule has 1 rings (SSSR count). The number of rotatable bonds is 2. The van der Waals surface area contributed by atoms with Crippen LogP contribution >= 0.6 is 0 Å². The van der Waals surface area contributed by atoms with Crippen molar-refractivity contribution in [1.29, 1.82) is 0 Å². The molecule has 0 saturated carbocycles. The van der Waals surface area contributed by atoms with E-state index in [-0.39, 0.29) is 5.78 Å². The third-order valence-electron chi connectivity index (χ3n) is 2.15. The Hall–Kier alpha value is -1.11. The second-order valence-electron chi connectivity index (χ2n) is 3.58. The molecule has 0 spiro atoms. The van der Waals surface area contributed by atoms with E-state index in [0.29, 0.717) is 6.42 Å². The fourth-order valence-electron chi connectivity index (χ4n) is 1.47. The lowest BCUT2D eigenvalue weighted by Gasteiger charge is -1.99. The number of allylic oxidation sites excluding steroid dienone is 6. The van der Waals surface area contributed by atoms with Crippen LogP contribution in [0.1, 0.15) is 33.6 Å². The number of carbonyl (C=O) groups is 1. The predicted octanol–water partition coefficient (Wildman–Crippen LogP) is 3.19. The maximum atomic E-state index is 11.4. The molecule has 70 valence electrons. The molecule has 0 aromatic heterocycles. The van der Waals surface area contributed by atoms with Crippen LogP contribution in [0.5, 0.6) is 0 Å². The first-order valence-corrected chi connectivity index (χ1v) is 4.71. The van der Waals surface area contributed by atoms with Crippen molar-refractivity contribution in [3.63, 3.8) is 0 Å². The van der Waals surface area contributed by atoms with Crippen LogP contribution in [-0.2, 0) is 4.79 Å². The van der Waals surface area contributed by atoms with Crippen molar-refractivity contribution < 1.29 is 4.79 Å². The average Bonchev–Trinajstić information content (AvgIpc) is 2.25. The Morgan fingerprint density at radius 1 is 1.31 bits per heavy atom. The van der Waals surface area contributed by atoms with Gasteiger partial charge in [-0.1, -0.05) is 36.3 Å². The van der Waals surface area contributed by atoms with E-state index in [1.807, 2.05) is 25.2 Å². The highest BCUT2D eigenvalue weighted by Crippen LogP contribution is 2.18. The van der Waals surface area contributed by atoms with Gasteiger partial charge < -0.3 is 0 Å². The highest BCUT2D eigenvalue weighted by atomic mass is 16.1. The molecular weight excluding hydrogens is 160 g/mol. The van der Waals surface area contributed by atoms with Gasteiger partial charge in [0.1, 0.15) is 0 Å². The van der Waals surface area contributed by atoms with Crippen molar-refractivity contribution in [3.05, 3.63) is 34.9 Å². The van der Waals surface area contributed by atoms with Crippen molar-refractivity contribution in [2.75, 3.05) is 0 Å². The van der Waals surface area contributed by atoms with Gasteiger partial charge in [0, 0.05) is 12.0 Å². The van der Waals surface area contributed by atoms with Gasteiger partial charge in [0.25, 0.3) is 0 Å². The lowest BCUT2D eigenvalue weighted by molar-refractivity contribution is -0.114. The summed E-state index contributed by atoms with van der Waals surface area (Å²) in [4.78, 5) is 11.4. The molecule has 0 atom stereocenters. The molecule has 0 fully saturated rings. The van der Waals surface area contributed by atoms with Gasteiger partial charge in [-0.05, 0) is 20.3 Å². The molecular formula is C12H16O. The van der Waals surface area contributed by atoms with Crippen LogP contribution in [-0.4, -0.2) is 5.78 Å². The molecule has 0 N–H and O–H groups in total. The zero-order chi connectivity index (χ0) is 9.84. The zero-order valence-electron chi connectivity index (χ0n) is 8.55. The summed E-state index contributed by atoms with van der Waals surface area (Å²) in [5.41, 5.74) is 3.42. The number of hydrogen-bond acceptors (Lipinski definition) is 1. The summed E-state index contributed by atoms with van der Waals surface area (Å²) in [7, 11) is 0. The molecule has 0 bridgehead atoms. The molecule has 0 heterocycles. The summed E-state index contributed by atoms with van der Waals surface area (Å²) in [5.74, 6) is 0.227. The van der Waals surface area contributed by atoms with E-state index in [9.17, 15) is 4.79 Å². The molecule has 1 nitrogen and oxygen atoms in total. The number of hydrogen-bond donors (Lipinski definition) is 0. The van der Waals surface area contributed by atoms with Gasteiger partial charge in [-0.3, -0.25) is 4.79 Å². The van der Waals surface area contributed by atoms with Crippen molar-refractivity contribution >= 4 is 5.78 Å². The Morgan fingerprint density at radius 3 is 2.62 bits per heavy atom. The SMILES string of the molecule is CCC(=O)C1=CC=C(C)CC(C)=C1. The molecule has 0 unspecified atom stereocenters. The van der Waals surface area contributed by atoms with Crippen molar-refractivity contribution in [1.82, 2.24) is 0 Å². The molecule has 13 heavy (non-hydrogen) atoms. The smallest absolute Gasteiger partial charge is 0.162 e. The summed E-state index contributed by atoms with van der Waals surface area (Å²) < 4.78 is 0. The van der Waals surface area contributed by atoms with Gasteiger partial charge in [0.2, 0.25) is 0 Å². The van der Waals surface area contributed by atoms with Crippen molar-refractivity contribution in [2.24, 2.45) is 0 Å².